The van der Waals surface area contributed by atoms with E-state index in [4.69, 9.17) is 10.5 Å². The normalized spacial score (nSPS) is 10.8. The average Bonchev–Trinajstić information content (AvgIpc) is 2.96. The molecule has 0 aliphatic rings. The Morgan fingerprint density at radius 1 is 1.45 bits per heavy atom. The van der Waals surface area contributed by atoms with E-state index in [1.54, 1.807) is 18.3 Å². The lowest BCUT2D eigenvalue weighted by Gasteiger charge is -2.08. The highest BCUT2D eigenvalue weighted by molar-refractivity contribution is 7.08. The molecule has 0 bridgehead atoms. The molecule has 2 rings (SSSR count). The van der Waals surface area contributed by atoms with E-state index in [0.717, 1.165) is 5.82 Å². The first-order valence-corrected chi connectivity index (χ1v) is 7.56. The Hall–Kier alpha value is -1.82. The van der Waals surface area contributed by atoms with Gasteiger partial charge in [0, 0.05) is 6.42 Å². The number of nitrogen functional groups attached to an aromatic ring is 1. The summed E-state index contributed by atoms with van der Waals surface area (Å²) in [5, 5.41) is 4.19. The number of nitrogens with zero attached hydrogens (tertiary/aromatic N) is 2. The van der Waals surface area contributed by atoms with Crippen LogP contribution in [-0.2, 0) is 17.7 Å². The number of nitrogens with two attached hydrogens (primary N) is 1. The average molecular weight is 293 g/mol. The monoisotopic (exact) mass is 293 g/mol. The maximum Gasteiger partial charge on any atom is 0.360 e. The first-order valence-electron chi connectivity index (χ1n) is 6.62. The van der Waals surface area contributed by atoms with Crippen molar-refractivity contribution in [2.45, 2.75) is 33.7 Å². The molecule has 0 saturated heterocycles. The van der Waals surface area contributed by atoms with E-state index in [-0.39, 0.29) is 5.69 Å². The van der Waals surface area contributed by atoms with E-state index in [1.165, 1.54) is 11.1 Å². The van der Waals surface area contributed by atoms with Crippen molar-refractivity contribution in [3.8, 4) is 0 Å². The van der Waals surface area contributed by atoms with Gasteiger partial charge in [-0.25, -0.2) is 9.78 Å². The van der Waals surface area contributed by atoms with Crippen molar-refractivity contribution in [2.24, 2.45) is 0 Å². The molecule has 0 atom stereocenters. The molecule has 0 radical (unpaired) electrons. The number of aromatic nitrogens is 2. The number of anilines is 1. The Kier molecular flexibility index (Phi) is 4.44. The third-order valence-electron chi connectivity index (χ3n) is 3.16. The van der Waals surface area contributed by atoms with Gasteiger partial charge in [0.2, 0.25) is 0 Å². The zero-order valence-electron chi connectivity index (χ0n) is 12.0. The van der Waals surface area contributed by atoms with Gasteiger partial charge in [-0.3, -0.25) is 0 Å². The van der Waals surface area contributed by atoms with Crippen molar-refractivity contribution in [3.05, 3.63) is 33.4 Å². The van der Waals surface area contributed by atoms with Gasteiger partial charge < -0.3 is 15.0 Å². The summed E-state index contributed by atoms with van der Waals surface area (Å²) in [4.78, 5) is 16.2. The number of aryl methyl sites for hydroxylation is 2. The van der Waals surface area contributed by atoms with Crippen LogP contribution < -0.4 is 5.73 Å². The van der Waals surface area contributed by atoms with Crippen molar-refractivity contribution in [2.75, 3.05) is 12.3 Å². The van der Waals surface area contributed by atoms with Gasteiger partial charge in [-0.1, -0.05) is 6.92 Å². The minimum atomic E-state index is -0.458. The van der Waals surface area contributed by atoms with Crippen LogP contribution in [-0.4, -0.2) is 22.1 Å². The van der Waals surface area contributed by atoms with E-state index in [1.807, 2.05) is 11.5 Å². The fourth-order valence-electron chi connectivity index (χ4n) is 2.03. The summed E-state index contributed by atoms with van der Waals surface area (Å²) >= 11 is 1.66. The number of hydrogen-bond donors (Lipinski definition) is 1. The van der Waals surface area contributed by atoms with E-state index >= 15 is 0 Å². The largest absolute Gasteiger partial charge is 0.461 e. The van der Waals surface area contributed by atoms with Gasteiger partial charge in [-0.05, 0) is 35.7 Å². The molecule has 0 saturated carbocycles. The first-order chi connectivity index (χ1) is 9.58. The number of thiophene rings is 1. The fourth-order valence-corrected chi connectivity index (χ4v) is 2.88. The van der Waals surface area contributed by atoms with Crippen LogP contribution in [0.5, 0.6) is 0 Å². The number of hydrogen-bond acceptors (Lipinski definition) is 5. The van der Waals surface area contributed by atoms with Crippen molar-refractivity contribution in [3.63, 3.8) is 0 Å². The van der Waals surface area contributed by atoms with Gasteiger partial charge in [0.25, 0.3) is 0 Å². The highest BCUT2D eigenvalue weighted by Gasteiger charge is 2.21. The molecular formula is C14H19N3O2S. The van der Waals surface area contributed by atoms with Crippen molar-refractivity contribution in [1.29, 1.82) is 0 Å². The molecule has 6 heteroatoms. The molecule has 2 aromatic rings. The number of carbonyl (C=O) groups excluding carboxylic acids is 1. The number of ether oxygens (including phenoxy) is 1. The zero-order chi connectivity index (χ0) is 14.7. The topological polar surface area (TPSA) is 70.1 Å². The quantitative estimate of drug-likeness (QED) is 0.860. The standard InChI is InChI=1S/C14H19N3O2S/c1-4-11-16-12(14(18)19-5-2)13(15)17(11)6-10-8-20-7-9(10)3/h7-8H,4-6,15H2,1-3H3. The van der Waals surface area contributed by atoms with Crippen LogP contribution >= 0.6 is 11.3 Å². The number of esters is 1. The second kappa shape index (κ2) is 6.09. The molecule has 0 amide bonds. The third-order valence-corrected chi connectivity index (χ3v) is 4.07. The summed E-state index contributed by atoms with van der Waals surface area (Å²) in [6, 6.07) is 0. The molecule has 2 heterocycles. The molecule has 2 aromatic heterocycles. The van der Waals surface area contributed by atoms with Crippen LogP contribution in [0.4, 0.5) is 5.82 Å². The molecule has 2 N–H and O–H groups in total. The second-order valence-corrected chi connectivity index (χ2v) is 5.25. The summed E-state index contributed by atoms with van der Waals surface area (Å²) < 4.78 is 6.88. The minimum Gasteiger partial charge on any atom is -0.461 e. The molecule has 5 nitrogen and oxygen atoms in total. The minimum absolute atomic E-state index is 0.219. The molecule has 0 aromatic carbocycles. The van der Waals surface area contributed by atoms with Gasteiger partial charge in [0.1, 0.15) is 11.6 Å². The molecule has 0 aliphatic heterocycles. The van der Waals surface area contributed by atoms with Crippen LogP contribution in [0, 0.1) is 6.92 Å². The summed E-state index contributed by atoms with van der Waals surface area (Å²) in [7, 11) is 0. The Balaban J connectivity index is 2.37. The summed E-state index contributed by atoms with van der Waals surface area (Å²) in [6.07, 6.45) is 0.715. The van der Waals surface area contributed by atoms with Gasteiger partial charge in [-0.15, -0.1) is 0 Å². The lowest BCUT2D eigenvalue weighted by molar-refractivity contribution is 0.0521. The lowest BCUT2D eigenvalue weighted by Crippen LogP contribution is -2.11. The molecule has 0 fully saturated rings. The van der Waals surface area contributed by atoms with Crippen molar-refractivity contribution < 1.29 is 9.53 Å². The molecule has 20 heavy (non-hydrogen) atoms. The Bertz CT molecular complexity index is 616. The van der Waals surface area contributed by atoms with Crippen LogP contribution in [0.15, 0.2) is 10.8 Å². The second-order valence-electron chi connectivity index (χ2n) is 4.50. The van der Waals surface area contributed by atoms with Crippen molar-refractivity contribution >= 4 is 23.1 Å². The summed E-state index contributed by atoms with van der Waals surface area (Å²) in [6.45, 7) is 6.78. The van der Waals surface area contributed by atoms with Gasteiger partial charge in [-0.2, -0.15) is 11.3 Å². The van der Waals surface area contributed by atoms with Gasteiger partial charge in [0.15, 0.2) is 5.69 Å². The first kappa shape index (κ1) is 14.6. The molecule has 0 spiro atoms. The zero-order valence-corrected chi connectivity index (χ0v) is 12.8. The van der Waals surface area contributed by atoms with Gasteiger partial charge in [0.05, 0.1) is 13.2 Å². The predicted octanol–water partition coefficient (Wildman–Crippen LogP) is 2.62. The number of carbonyl (C=O) groups is 1. The fraction of sp³-hybridized carbons (Fsp3) is 0.429. The van der Waals surface area contributed by atoms with Crippen molar-refractivity contribution in [1.82, 2.24) is 9.55 Å². The molecule has 108 valence electrons. The molecule has 0 aliphatic carbocycles. The third kappa shape index (κ3) is 2.70. The Morgan fingerprint density at radius 3 is 2.75 bits per heavy atom. The van der Waals surface area contributed by atoms with Crippen LogP contribution in [0.3, 0.4) is 0 Å². The molecular weight excluding hydrogens is 274 g/mol. The van der Waals surface area contributed by atoms with Crippen LogP contribution in [0.1, 0.15) is 41.3 Å². The number of rotatable bonds is 5. The van der Waals surface area contributed by atoms with Crippen LogP contribution in [0.2, 0.25) is 0 Å². The van der Waals surface area contributed by atoms with Gasteiger partial charge >= 0.3 is 5.97 Å². The summed E-state index contributed by atoms with van der Waals surface area (Å²) in [5.74, 6) is 0.725. The summed E-state index contributed by atoms with van der Waals surface area (Å²) in [5.41, 5.74) is 8.72. The highest BCUT2D eigenvalue weighted by atomic mass is 32.1. The van der Waals surface area contributed by atoms with E-state index in [2.05, 4.69) is 22.7 Å². The smallest absolute Gasteiger partial charge is 0.360 e. The highest BCUT2D eigenvalue weighted by Crippen LogP contribution is 2.21. The SMILES string of the molecule is CCOC(=O)c1nc(CC)n(Cc2cscc2C)c1N. The lowest BCUT2D eigenvalue weighted by atomic mass is 10.2. The van der Waals surface area contributed by atoms with E-state index in [9.17, 15) is 4.79 Å². The maximum absolute atomic E-state index is 11.8. The van der Waals surface area contributed by atoms with E-state index in [0.29, 0.717) is 25.4 Å². The maximum atomic E-state index is 11.8. The predicted molar refractivity (Wildman–Crippen MR) is 80.1 cm³/mol. The number of imidazole rings is 1. The Morgan fingerprint density at radius 2 is 2.20 bits per heavy atom. The molecule has 0 unspecified atom stereocenters. The van der Waals surface area contributed by atoms with E-state index < -0.39 is 5.97 Å². The van der Waals surface area contributed by atoms with Crippen LogP contribution in [0.25, 0.3) is 0 Å². The Labute approximate surface area is 122 Å².